The minimum absolute atomic E-state index is 0.0587. The molecule has 2 aromatic carbocycles. The number of fused-ring (bicyclic) bond motifs is 1. The fourth-order valence-electron chi connectivity index (χ4n) is 3.77. The molecule has 156 valence electrons. The van der Waals surface area contributed by atoms with Crippen LogP contribution in [0, 0.1) is 0 Å². The summed E-state index contributed by atoms with van der Waals surface area (Å²) >= 11 is 0. The van der Waals surface area contributed by atoms with Crippen molar-refractivity contribution in [2.24, 2.45) is 0 Å². The number of carbonyl (C=O) groups is 2. The van der Waals surface area contributed by atoms with Gasteiger partial charge in [-0.1, -0.05) is 25.1 Å². The van der Waals surface area contributed by atoms with Gasteiger partial charge in [-0.2, -0.15) is 10.2 Å². The Bertz CT molecular complexity index is 1040. The zero-order valence-corrected chi connectivity index (χ0v) is 16.9. The number of aromatic nitrogens is 2. The molecule has 2 amide bonds. The second-order valence-electron chi connectivity index (χ2n) is 7.42. The van der Waals surface area contributed by atoms with Gasteiger partial charge >= 0.3 is 5.91 Å². The van der Waals surface area contributed by atoms with E-state index in [1.807, 2.05) is 4.90 Å². The van der Waals surface area contributed by atoms with E-state index in [-0.39, 0.29) is 11.6 Å². The van der Waals surface area contributed by atoms with Crippen molar-refractivity contribution in [3.8, 4) is 0 Å². The molecule has 0 aliphatic carbocycles. The van der Waals surface area contributed by atoms with Crippen LogP contribution in [0.15, 0.2) is 48.5 Å². The molecule has 1 fully saturated rings. The zero-order valence-electron chi connectivity index (χ0n) is 16.9. The summed E-state index contributed by atoms with van der Waals surface area (Å²) in [5.74, 6) is -0.721. The third-order valence-electron chi connectivity index (χ3n) is 5.40. The molecule has 0 unspecified atom stereocenters. The Balaban J connectivity index is 1.56. The van der Waals surface area contributed by atoms with Crippen LogP contribution in [0.25, 0.3) is 10.9 Å². The highest BCUT2D eigenvalue weighted by molar-refractivity contribution is 6.12. The highest BCUT2D eigenvalue weighted by Gasteiger charge is 2.25. The van der Waals surface area contributed by atoms with Gasteiger partial charge < -0.3 is 4.90 Å². The summed E-state index contributed by atoms with van der Waals surface area (Å²) in [6.07, 6.45) is 1.10. The normalized spacial score (nSPS) is 14.8. The molecule has 0 saturated carbocycles. The van der Waals surface area contributed by atoms with Gasteiger partial charge in [0.25, 0.3) is 5.91 Å². The van der Waals surface area contributed by atoms with Crippen LogP contribution in [0.4, 0.5) is 5.69 Å². The van der Waals surface area contributed by atoms with Crippen molar-refractivity contribution < 1.29 is 14.8 Å². The van der Waals surface area contributed by atoms with E-state index in [1.54, 1.807) is 48.5 Å². The fourth-order valence-corrected chi connectivity index (χ4v) is 3.77. The smallest absolute Gasteiger partial charge is 0.303 e. The van der Waals surface area contributed by atoms with Gasteiger partial charge in [0, 0.05) is 37.1 Å². The SMILES string of the molecule is CCCN1CCN(C(=O)c2ccc3[nH]nc(C(=O)N(O)c4ccccc4)c3c2)CC1. The van der Waals surface area contributed by atoms with Crippen LogP contribution in [0.2, 0.25) is 0 Å². The summed E-state index contributed by atoms with van der Waals surface area (Å²) in [6, 6.07) is 13.7. The van der Waals surface area contributed by atoms with E-state index in [4.69, 9.17) is 0 Å². The number of para-hydroxylation sites is 1. The Kier molecular flexibility index (Phi) is 5.78. The first-order valence-corrected chi connectivity index (χ1v) is 10.2. The highest BCUT2D eigenvalue weighted by atomic mass is 16.5. The van der Waals surface area contributed by atoms with Crippen molar-refractivity contribution in [2.45, 2.75) is 13.3 Å². The first-order valence-electron chi connectivity index (χ1n) is 10.2. The van der Waals surface area contributed by atoms with Crippen molar-refractivity contribution in [1.29, 1.82) is 0 Å². The van der Waals surface area contributed by atoms with Crippen molar-refractivity contribution in [3.05, 3.63) is 59.8 Å². The summed E-state index contributed by atoms with van der Waals surface area (Å²) in [6.45, 7) is 6.32. The van der Waals surface area contributed by atoms with Crippen LogP contribution in [0.5, 0.6) is 0 Å². The largest absolute Gasteiger partial charge is 0.336 e. The van der Waals surface area contributed by atoms with Crippen LogP contribution in [-0.2, 0) is 0 Å². The van der Waals surface area contributed by atoms with Crippen LogP contribution < -0.4 is 5.06 Å². The van der Waals surface area contributed by atoms with Crippen molar-refractivity contribution >= 4 is 28.4 Å². The van der Waals surface area contributed by atoms with Crippen molar-refractivity contribution in [3.63, 3.8) is 0 Å². The molecule has 0 bridgehead atoms. The molecule has 1 aliphatic heterocycles. The van der Waals surface area contributed by atoms with E-state index in [2.05, 4.69) is 22.0 Å². The molecule has 1 saturated heterocycles. The number of H-pyrrole nitrogens is 1. The lowest BCUT2D eigenvalue weighted by atomic mass is 10.1. The van der Waals surface area contributed by atoms with Crippen molar-refractivity contribution in [2.75, 3.05) is 37.8 Å². The number of nitrogens with zero attached hydrogens (tertiary/aromatic N) is 4. The zero-order chi connectivity index (χ0) is 21.1. The molecule has 4 rings (SSSR count). The Morgan fingerprint density at radius 1 is 1.10 bits per heavy atom. The summed E-state index contributed by atoms with van der Waals surface area (Å²) in [5, 5.41) is 18.3. The Hall–Kier alpha value is -3.23. The quantitative estimate of drug-likeness (QED) is 0.501. The predicted molar refractivity (Wildman–Crippen MR) is 114 cm³/mol. The van der Waals surface area contributed by atoms with E-state index in [9.17, 15) is 14.8 Å². The third kappa shape index (κ3) is 3.92. The number of rotatable bonds is 5. The van der Waals surface area contributed by atoms with E-state index in [0.717, 1.165) is 26.1 Å². The molecule has 1 aliphatic rings. The second-order valence-corrected chi connectivity index (χ2v) is 7.42. The third-order valence-corrected chi connectivity index (χ3v) is 5.40. The molecule has 0 radical (unpaired) electrons. The Morgan fingerprint density at radius 2 is 1.83 bits per heavy atom. The molecule has 2 heterocycles. The topological polar surface area (TPSA) is 92.8 Å². The minimum atomic E-state index is -0.662. The molecule has 8 nitrogen and oxygen atoms in total. The second kappa shape index (κ2) is 8.64. The molecule has 0 atom stereocenters. The molecular weight excluding hydrogens is 382 g/mol. The van der Waals surface area contributed by atoms with Gasteiger partial charge in [-0.05, 0) is 43.3 Å². The number of piperazine rings is 1. The first-order chi connectivity index (χ1) is 14.6. The summed E-state index contributed by atoms with van der Waals surface area (Å²) in [7, 11) is 0. The van der Waals surface area contributed by atoms with E-state index < -0.39 is 5.91 Å². The molecule has 30 heavy (non-hydrogen) atoms. The molecule has 0 spiro atoms. The lowest BCUT2D eigenvalue weighted by molar-refractivity contribution is 0.0637. The Labute approximate surface area is 174 Å². The molecular formula is C22H25N5O3. The Morgan fingerprint density at radius 3 is 2.53 bits per heavy atom. The van der Waals surface area contributed by atoms with Crippen LogP contribution in [0.3, 0.4) is 0 Å². The van der Waals surface area contributed by atoms with Crippen molar-refractivity contribution in [1.82, 2.24) is 20.0 Å². The van der Waals surface area contributed by atoms with Gasteiger partial charge in [0.1, 0.15) is 0 Å². The number of hydroxylamine groups is 1. The molecule has 3 aromatic rings. The average molecular weight is 407 g/mol. The number of nitrogens with one attached hydrogen (secondary N) is 1. The number of carbonyl (C=O) groups excluding carboxylic acids is 2. The van der Waals surface area contributed by atoms with Gasteiger partial charge in [0.15, 0.2) is 5.69 Å². The van der Waals surface area contributed by atoms with E-state index in [1.165, 1.54) is 0 Å². The number of aromatic amines is 1. The number of anilines is 1. The molecule has 2 N–H and O–H groups in total. The van der Waals surface area contributed by atoms with E-state index >= 15 is 0 Å². The van der Waals surface area contributed by atoms with Crippen LogP contribution in [0.1, 0.15) is 34.2 Å². The summed E-state index contributed by atoms with van der Waals surface area (Å²) < 4.78 is 0. The van der Waals surface area contributed by atoms with Gasteiger partial charge in [0.05, 0.1) is 11.2 Å². The van der Waals surface area contributed by atoms with Gasteiger partial charge in [-0.3, -0.25) is 24.8 Å². The number of amides is 2. The highest BCUT2D eigenvalue weighted by Crippen LogP contribution is 2.22. The maximum atomic E-state index is 13.0. The van der Waals surface area contributed by atoms with E-state index in [0.29, 0.717) is 40.3 Å². The monoisotopic (exact) mass is 407 g/mol. The maximum absolute atomic E-state index is 13.0. The van der Waals surface area contributed by atoms with Crippen LogP contribution >= 0.6 is 0 Å². The lowest BCUT2D eigenvalue weighted by Gasteiger charge is -2.34. The van der Waals surface area contributed by atoms with Gasteiger partial charge in [-0.15, -0.1) is 0 Å². The molecule has 1 aromatic heterocycles. The first kappa shape index (κ1) is 20.1. The van der Waals surface area contributed by atoms with Gasteiger partial charge in [-0.25, -0.2) is 0 Å². The number of hydrogen-bond donors (Lipinski definition) is 2. The average Bonchev–Trinajstić information content (AvgIpc) is 3.22. The fraction of sp³-hybridized carbons (Fsp3) is 0.318. The minimum Gasteiger partial charge on any atom is -0.336 e. The standard InChI is InChI=1S/C22H25N5O3/c1-2-10-25-11-13-26(14-12-25)21(28)16-8-9-19-18(15-16)20(24-23-19)22(29)27(30)17-6-4-3-5-7-17/h3-9,15,30H,2,10-14H2,1H3,(H,23,24). The number of benzene rings is 2. The summed E-state index contributed by atoms with van der Waals surface area (Å²) in [4.78, 5) is 30.0. The predicted octanol–water partition coefficient (Wildman–Crippen LogP) is 2.77. The summed E-state index contributed by atoms with van der Waals surface area (Å²) in [5.41, 5.74) is 1.55. The van der Waals surface area contributed by atoms with Gasteiger partial charge in [0.2, 0.25) is 0 Å². The number of hydrogen-bond acceptors (Lipinski definition) is 5. The lowest BCUT2D eigenvalue weighted by Crippen LogP contribution is -2.48. The van der Waals surface area contributed by atoms with Crippen LogP contribution in [-0.4, -0.2) is 69.7 Å². The molecule has 8 heteroatoms. The maximum Gasteiger partial charge on any atom is 0.303 e.